The quantitative estimate of drug-likeness (QED) is 0.535. The van der Waals surface area contributed by atoms with Crippen molar-refractivity contribution < 1.29 is 18.8 Å². The Labute approximate surface area is 151 Å². The summed E-state index contributed by atoms with van der Waals surface area (Å²) >= 11 is 0. The number of unbranched alkanes of at least 4 members (excludes halogenated alkanes) is 2. The van der Waals surface area contributed by atoms with E-state index in [-0.39, 0.29) is 18.4 Å². The third kappa shape index (κ3) is 7.30. The summed E-state index contributed by atoms with van der Waals surface area (Å²) in [5, 5.41) is 13.5. The van der Waals surface area contributed by atoms with Gasteiger partial charge in [0.2, 0.25) is 17.7 Å². The molecular weight excluding hydrogens is 339 g/mol. The molecule has 1 aromatic carbocycles. The van der Waals surface area contributed by atoms with Crippen molar-refractivity contribution in [3.05, 3.63) is 35.6 Å². The number of carbonyl (C=O) groups excluding carboxylic acids is 3. The van der Waals surface area contributed by atoms with Gasteiger partial charge in [0.25, 0.3) is 0 Å². The zero-order valence-corrected chi connectivity index (χ0v) is 14.6. The second kappa shape index (κ2) is 10.8. The van der Waals surface area contributed by atoms with Gasteiger partial charge in [-0.15, -0.1) is 0 Å². The van der Waals surface area contributed by atoms with Crippen LogP contribution in [0.2, 0.25) is 0 Å². The van der Waals surface area contributed by atoms with E-state index in [1.54, 1.807) is 6.07 Å². The van der Waals surface area contributed by atoms with Crippen LogP contribution in [0, 0.1) is 17.1 Å². The Bertz CT molecular complexity index is 687. The molecule has 1 aromatic rings. The predicted octanol–water partition coefficient (Wildman–Crippen LogP) is 0.927. The van der Waals surface area contributed by atoms with Crippen molar-refractivity contribution >= 4 is 17.7 Å². The summed E-state index contributed by atoms with van der Waals surface area (Å²) in [5.41, 5.74) is 5.58. The highest BCUT2D eigenvalue weighted by Crippen LogP contribution is 2.10. The summed E-state index contributed by atoms with van der Waals surface area (Å²) in [6, 6.07) is 5.98. The molecule has 0 spiro atoms. The number of nitrogens with one attached hydrogen (secondary N) is 2. The normalized spacial score (nSPS) is 12.5. The lowest BCUT2D eigenvalue weighted by molar-refractivity contribution is -0.131. The maximum Gasteiger partial charge on any atom is 0.243 e. The minimum Gasteiger partial charge on any atom is -0.368 e. The van der Waals surface area contributed by atoms with E-state index in [2.05, 4.69) is 10.6 Å². The minimum absolute atomic E-state index is 0.0575. The highest BCUT2D eigenvalue weighted by Gasteiger charge is 2.25. The van der Waals surface area contributed by atoms with Gasteiger partial charge >= 0.3 is 0 Å². The number of nitrogens with zero attached hydrogens (tertiary/aromatic N) is 1. The number of rotatable bonds is 10. The van der Waals surface area contributed by atoms with Gasteiger partial charge in [-0.3, -0.25) is 14.4 Å². The summed E-state index contributed by atoms with van der Waals surface area (Å²) < 4.78 is 13.8. The summed E-state index contributed by atoms with van der Waals surface area (Å²) in [4.78, 5) is 35.4. The fourth-order valence-electron chi connectivity index (χ4n) is 2.45. The van der Waals surface area contributed by atoms with Crippen LogP contribution < -0.4 is 16.4 Å². The summed E-state index contributed by atoms with van der Waals surface area (Å²) in [6.45, 7) is 1.25. The number of benzene rings is 1. The average molecular weight is 362 g/mol. The summed E-state index contributed by atoms with van der Waals surface area (Å²) in [5.74, 6) is -2.26. The van der Waals surface area contributed by atoms with E-state index >= 15 is 0 Å². The molecule has 0 aromatic heterocycles. The molecule has 3 amide bonds. The molecule has 0 bridgehead atoms. The topological polar surface area (TPSA) is 125 Å². The Kier molecular flexibility index (Phi) is 8.78. The van der Waals surface area contributed by atoms with Crippen LogP contribution in [0.5, 0.6) is 0 Å². The molecule has 0 radical (unpaired) electrons. The molecule has 0 heterocycles. The number of halogens is 1. The van der Waals surface area contributed by atoms with Crippen molar-refractivity contribution in [1.82, 2.24) is 10.6 Å². The first-order valence-electron chi connectivity index (χ1n) is 8.32. The second-order valence-corrected chi connectivity index (χ2v) is 5.92. The van der Waals surface area contributed by atoms with Crippen LogP contribution in [0.25, 0.3) is 0 Å². The molecule has 0 unspecified atom stereocenters. The first-order valence-corrected chi connectivity index (χ1v) is 8.32. The van der Waals surface area contributed by atoms with Gasteiger partial charge in [-0.2, -0.15) is 5.26 Å². The summed E-state index contributed by atoms with van der Waals surface area (Å²) in [7, 11) is 0. The molecule has 0 saturated carbocycles. The van der Waals surface area contributed by atoms with Gasteiger partial charge in [0.05, 0.1) is 6.07 Å². The molecule has 0 aliphatic heterocycles. The Morgan fingerprint density at radius 1 is 1.19 bits per heavy atom. The summed E-state index contributed by atoms with van der Waals surface area (Å²) in [6.07, 6.45) is 1.70. The third-order valence-electron chi connectivity index (χ3n) is 3.77. The minimum atomic E-state index is -1.04. The van der Waals surface area contributed by atoms with E-state index in [0.717, 1.165) is 0 Å². The number of nitrogens with two attached hydrogens (primary N) is 1. The Morgan fingerprint density at radius 2 is 1.88 bits per heavy atom. The van der Waals surface area contributed by atoms with Crippen molar-refractivity contribution in [3.8, 4) is 6.07 Å². The van der Waals surface area contributed by atoms with Crippen LogP contribution in [0.15, 0.2) is 24.3 Å². The van der Waals surface area contributed by atoms with Crippen molar-refractivity contribution in [2.45, 2.75) is 51.1 Å². The van der Waals surface area contributed by atoms with Gasteiger partial charge in [0, 0.05) is 19.8 Å². The Balaban J connectivity index is 2.80. The Hall–Kier alpha value is -2.95. The molecule has 26 heavy (non-hydrogen) atoms. The monoisotopic (exact) mass is 362 g/mol. The first kappa shape index (κ1) is 21.1. The predicted molar refractivity (Wildman–Crippen MR) is 92.9 cm³/mol. The largest absolute Gasteiger partial charge is 0.368 e. The van der Waals surface area contributed by atoms with Crippen LogP contribution in [0.4, 0.5) is 4.39 Å². The van der Waals surface area contributed by atoms with Gasteiger partial charge < -0.3 is 16.4 Å². The standard InChI is InChI=1S/C18H23FN4O3/c1-12(24)22-16(11-13-7-4-5-8-14(13)19)18(26)23-15(17(21)25)9-3-2-6-10-20/h4-5,7-8,15-16H,2-3,6,9,11H2,1H3,(H2,21,25)(H,22,24)(H,23,26)/t15-,16+/m1/s1. The van der Waals surface area contributed by atoms with Crippen LogP contribution in [0.3, 0.4) is 0 Å². The molecule has 7 nitrogen and oxygen atoms in total. The maximum atomic E-state index is 13.8. The highest BCUT2D eigenvalue weighted by atomic mass is 19.1. The fourth-order valence-corrected chi connectivity index (χ4v) is 2.45. The highest BCUT2D eigenvalue weighted by molar-refractivity contribution is 5.91. The van der Waals surface area contributed by atoms with Gasteiger partial charge in [0.1, 0.15) is 17.9 Å². The fraction of sp³-hybridized carbons (Fsp3) is 0.444. The second-order valence-electron chi connectivity index (χ2n) is 5.92. The zero-order chi connectivity index (χ0) is 19.5. The zero-order valence-electron chi connectivity index (χ0n) is 14.6. The van der Waals surface area contributed by atoms with Crippen molar-refractivity contribution in [1.29, 1.82) is 5.26 Å². The number of amides is 3. The number of hydrogen-bond acceptors (Lipinski definition) is 4. The molecule has 4 N–H and O–H groups in total. The SMILES string of the molecule is CC(=O)N[C@@H](Cc1ccccc1F)C(=O)N[C@H](CCCCC#N)C(N)=O. The van der Waals surface area contributed by atoms with Crippen molar-refractivity contribution in [2.24, 2.45) is 5.73 Å². The van der Waals surface area contributed by atoms with Crippen molar-refractivity contribution in [3.63, 3.8) is 0 Å². The van der Waals surface area contributed by atoms with E-state index in [9.17, 15) is 18.8 Å². The van der Waals surface area contributed by atoms with Gasteiger partial charge in [-0.25, -0.2) is 4.39 Å². The van der Waals surface area contributed by atoms with Crippen LogP contribution in [-0.2, 0) is 20.8 Å². The lowest BCUT2D eigenvalue weighted by Crippen LogP contribution is -2.53. The van der Waals surface area contributed by atoms with E-state index in [4.69, 9.17) is 11.0 Å². The molecule has 0 saturated heterocycles. The lowest BCUT2D eigenvalue weighted by atomic mass is 10.0. The lowest BCUT2D eigenvalue weighted by Gasteiger charge is -2.21. The molecule has 0 aliphatic carbocycles. The Morgan fingerprint density at radius 3 is 2.46 bits per heavy atom. The molecule has 8 heteroatoms. The third-order valence-corrected chi connectivity index (χ3v) is 3.77. The molecule has 140 valence electrons. The number of primary amides is 1. The molecule has 2 atom stereocenters. The van der Waals surface area contributed by atoms with Gasteiger partial charge in [0.15, 0.2) is 0 Å². The number of nitriles is 1. The smallest absolute Gasteiger partial charge is 0.243 e. The van der Waals surface area contributed by atoms with E-state index in [1.165, 1.54) is 25.1 Å². The molecule has 1 rings (SSSR count). The molecule has 0 fully saturated rings. The molecular formula is C18H23FN4O3. The van der Waals surface area contributed by atoms with E-state index in [1.807, 2.05) is 6.07 Å². The van der Waals surface area contributed by atoms with E-state index in [0.29, 0.717) is 19.3 Å². The van der Waals surface area contributed by atoms with Crippen molar-refractivity contribution in [2.75, 3.05) is 0 Å². The molecule has 0 aliphatic rings. The van der Waals surface area contributed by atoms with Crippen LogP contribution in [-0.4, -0.2) is 29.8 Å². The van der Waals surface area contributed by atoms with Crippen LogP contribution >= 0.6 is 0 Å². The van der Waals surface area contributed by atoms with Gasteiger partial charge in [-0.1, -0.05) is 18.2 Å². The number of carbonyl (C=O) groups is 3. The van der Waals surface area contributed by atoms with Gasteiger partial charge in [-0.05, 0) is 30.9 Å². The average Bonchev–Trinajstić information content (AvgIpc) is 2.58. The van der Waals surface area contributed by atoms with Crippen LogP contribution in [0.1, 0.15) is 38.2 Å². The van der Waals surface area contributed by atoms with E-state index < -0.39 is 35.6 Å². The number of hydrogen-bond donors (Lipinski definition) is 3. The first-order chi connectivity index (χ1) is 12.3. The maximum absolute atomic E-state index is 13.8.